The number of aryl methyl sites for hydroxylation is 1. The van der Waals surface area contributed by atoms with Crippen LogP contribution in [0.15, 0.2) is 23.1 Å². The van der Waals surface area contributed by atoms with E-state index in [9.17, 15) is 13.2 Å². The average Bonchev–Trinajstić information content (AvgIpc) is 2.71. The van der Waals surface area contributed by atoms with Crippen LogP contribution in [0.25, 0.3) is 0 Å². The van der Waals surface area contributed by atoms with Crippen molar-refractivity contribution in [2.45, 2.75) is 42.8 Å². The summed E-state index contributed by atoms with van der Waals surface area (Å²) in [5.41, 5.74) is 1.61. The summed E-state index contributed by atoms with van der Waals surface area (Å²) < 4.78 is 24.1. The number of hydrogen-bond acceptors (Lipinski definition) is 3. The Hall–Kier alpha value is -1.36. The summed E-state index contributed by atoms with van der Waals surface area (Å²) in [5, 5.41) is 8.61. The molecule has 1 aliphatic rings. The van der Waals surface area contributed by atoms with E-state index in [0.29, 0.717) is 18.4 Å². The van der Waals surface area contributed by atoms with Crippen LogP contribution < -0.4 is 0 Å². The van der Waals surface area contributed by atoms with Crippen molar-refractivity contribution in [3.05, 3.63) is 29.3 Å². The number of sulfone groups is 1. The summed E-state index contributed by atoms with van der Waals surface area (Å²) in [7, 11) is -3.34. The molecule has 5 heteroatoms. The predicted octanol–water partition coefficient (Wildman–Crippen LogP) is 1.98. The Morgan fingerprint density at radius 1 is 1.39 bits per heavy atom. The van der Waals surface area contributed by atoms with Gasteiger partial charge in [-0.2, -0.15) is 0 Å². The molecule has 1 atom stereocenters. The molecule has 4 nitrogen and oxygen atoms in total. The summed E-state index contributed by atoms with van der Waals surface area (Å²) in [6, 6.07) is 4.86. The first-order chi connectivity index (χ1) is 8.34. The first kappa shape index (κ1) is 13.1. The standard InChI is InChI=1S/C13H16O4S/c1-8(2)18(16,17)10-5-3-9-4-6-11(13(14)15)12(9)7-10/h3,5,7-8,11H,4,6H2,1-2H3,(H,14,15). The fraction of sp³-hybridized carbons (Fsp3) is 0.462. The molecule has 18 heavy (non-hydrogen) atoms. The SMILES string of the molecule is CC(C)S(=O)(=O)c1ccc2c(c1)C(C(=O)O)CC2. The maximum absolute atomic E-state index is 12.1. The molecule has 1 aromatic rings. The highest BCUT2D eigenvalue weighted by Gasteiger charge is 2.30. The second kappa shape index (κ2) is 4.39. The van der Waals surface area contributed by atoms with Gasteiger partial charge in [-0.05, 0) is 49.9 Å². The minimum Gasteiger partial charge on any atom is -0.481 e. The minimum absolute atomic E-state index is 0.226. The fourth-order valence-corrected chi connectivity index (χ4v) is 3.38. The Morgan fingerprint density at radius 3 is 2.61 bits per heavy atom. The van der Waals surface area contributed by atoms with Crippen LogP contribution in [-0.2, 0) is 21.1 Å². The molecule has 0 aliphatic heterocycles. The highest BCUT2D eigenvalue weighted by Crippen LogP contribution is 2.35. The van der Waals surface area contributed by atoms with E-state index in [1.54, 1.807) is 26.0 Å². The van der Waals surface area contributed by atoms with Crippen molar-refractivity contribution < 1.29 is 18.3 Å². The van der Waals surface area contributed by atoms with Gasteiger partial charge in [-0.1, -0.05) is 6.07 Å². The minimum atomic E-state index is -3.34. The molecular formula is C13H16O4S. The summed E-state index contributed by atoms with van der Waals surface area (Å²) in [5.74, 6) is -1.45. The van der Waals surface area contributed by atoms with Crippen LogP contribution >= 0.6 is 0 Å². The molecule has 0 aromatic heterocycles. The maximum atomic E-state index is 12.1. The zero-order valence-corrected chi connectivity index (χ0v) is 11.2. The third-order valence-electron chi connectivity index (χ3n) is 3.44. The third kappa shape index (κ3) is 2.03. The van der Waals surface area contributed by atoms with E-state index in [2.05, 4.69) is 0 Å². The average molecular weight is 268 g/mol. The lowest BCUT2D eigenvalue weighted by molar-refractivity contribution is -0.138. The Morgan fingerprint density at radius 2 is 2.06 bits per heavy atom. The quantitative estimate of drug-likeness (QED) is 0.910. The number of benzene rings is 1. The molecule has 1 N–H and O–H groups in total. The maximum Gasteiger partial charge on any atom is 0.310 e. The smallest absolute Gasteiger partial charge is 0.310 e. The first-order valence-corrected chi connectivity index (χ1v) is 7.48. The van der Waals surface area contributed by atoms with Gasteiger partial charge in [0.25, 0.3) is 0 Å². The molecule has 0 radical (unpaired) electrons. The van der Waals surface area contributed by atoms with E-state index >= 15 is 0 Å². The van der Waals surface area contributed by atoms with Crippen LogP contribution in [0.4, 0.5) is 0 Å². The number of hydrogen-bond donors (Lipinski definition) is 1. The molecular weight excluding hydrogens is 252 g/mol. The lowest BCUT2D eigenvalue weighted by Crippen LogP contribution is -2.15. The number of carboxylic acid groups (broad SMARTS) is 1. The highest BCUT2D eigenvalue weighted by atomic mass is 32.2. The molecule has 1 unspecified atom stereocenters. The van der Waals surface area contributed by atoms with Crippen molar-refractivity contribution in [2.75, 3.05) is 0 Å². The molecule has 0 spiro atoms. The van der Waals surface area contributed by atoms with Crippen LogP contribution in [0.3, 0.4) is 0 Å². The van der Waals surface area contributed by atoms with E-state index in [-0.39, 0.29) is 4.90 Å². The van der Waals surface area contributed by atoms with Crippen molar-refractivity contribution >= 4 is 15.8 Å². The zero-order chi connectivity index (χ0) is 13.5. The molecule has 2 rings (SSSR count). The number of carbonyl (C=O) groups is 1. The molecule has 1 aliphatic carbocycles. The summed E-state index contributed by atoms with van der Waals surface area (Å²) in [6.45, 7) is 3.24. The first-order valence-electron chi connectivity index (χ1n) is 5.93. The van der Waals surface area contributed by atoms with Gasteiger partial charge in [0.05, 0.1) is 16.1 Å². The molecule has 0 saturated heterocycles. The van der Waals surface area contributed by atoms with Gasteiger partial charge in [0, 0.05) is 0 Å². The van der Waals surface area contributed by atoms with Gasteiger partial charge in [0.2, 0.25) is 0 Å². The van der Waals surface area contributed by atoms with Crippen LogP contribution in [0.5, 0.6) is 0 Å². The molecule has 0 saturated carbocycles. The second-order valence-corrected chi connectivity index (χ2v) is 7.39. The number of aliphatic carboxylic acids is 1. The Kier molecular flexibility index (Phi) is 3.19. The number of rotatable bonds is 3. The molecule has 0 fully saturated rings. The summed E-state index contributed by atoms with van der Waals surface area (Å²) >= 11 is 0. The van der Waals surface area contributed by atoms with Crippen LogP contribution in [0.1, 0.15) is 37.3 Å². The largest absolute Gasteiger partial charge is 0.481 e. The Labute approximate surface area is 107 Å². The molecule has 98 valence electrons. The molecule has 0 amide bonds. The number of carboxylic acids is 1. The molecule has 0 heterocycles. The highest BCUT2D eigenvalue weighted by molar-refractivity contribution is 7.92. The van der Waals surface area contributed by atoms with Gasteiger partial charge in [-0.15, -0.1) is 0 Å². The normalized spacial score (nSPS) is 18.9. The van der Waals surface area contributed by atoms with Crippen molar-refractivity contribution in [3.63, 3.8) is 0 Å². The lowest BCUT2D eigenvalue weighted by atomic mass is 10.0. The Bertz CT molecular complexity index is 587. The van der Waals surface area contributed by atoms with Gasteiger partial charge in [-0.3, -0.25) is 4.79 Å². The molecule has 1 aromatic carbocycles. The summed E-state index contributed by atoms with van der Waals surface area (Å²) in [4.78, 5) is 11.3. The van der Waals surface area contributed by atoms with Crippen LogP contribution in [0.2, 0.25) is 0 Å². The van der Waals surface area contributed by atoms with Gasteiger partial charge in [-0.25, -0.2) is 8.42 Å². The van der Waals surface area contributed by atoms with E-state index in [4.69, 9.17) is 5.11 Å². The van der Waals surface area contributed by atoms with Crippen molar-refractivity contribution in [1.82, 2.24) is 0 Å². The van der Waals surface area contributed by atoms with Crippen LogP contribution in [-0.4, -0.2) is 24.7 Å². The third-order valence-corrected chi connectivity index (χ3v) is 5.59. The number of fused-ring (bicyclic) bond motifs is 1. The van der Waals surface area contributed by atoms with Crippen molar-refractivity contribution in [1.29, 1.82) is 0 Å². The van der Waals surface area contributed by atoms with Crippen molar-refractivity contribution in [2.24, 2.45) is 0 Å². The van der Waals surface area contributed by atoms with Gasteiger partial charge >= 0.3 is 5.97 Å². The second-order valence-electron chi connectivity index (χ2n) is 4.88. The fourth-order valence-electron chi connectivity index (χ4n) is 2.29. The zero-order valence-electron chi connectivity index (χ0n) is 10.4. The molecule has 0 bridgehead atoms. The monoisotopic (exact) mass is 268 g/mol. The topological polar surface area (TPSA) is 71.4 Å². The van der Waals surface area contributed by atoms with Gasteiger partial charge < -0.3 is 5.11 Å². The van der Waals surface area contributed by atoms with Gasteiger partial charge in [0.1, 0.15) is 0 Å². The Balaban J connectivity index is 2.51. The van der Waals surface area contributed by atoms with E-state index in [1.807, 2.05) is 0 Å². The lowest BCUT2D eigenvalue weighted by Gasteiger charge is -2.11. The summed E-state index contributed by atoms with van der Waals surface area (Å²) in [6.07, 6.45) is 1.25. The van der Waals surface area contributed by atoms with E-state index in [1.165, 1.54) is 6.07 Å². The van der Waals surface area contributed by atoms with E-state index in [0.717, 1.165) is 5.56 Å². The van der Waals surface area contributed by atoms with Crippen molar-refractivity contribution in [3.8, 4) is 0 Å². The van der Waals surface area contributed by atoms with E-state index < -0.39 is 27.0 Å². The van der Waals surface area contributed by atoms with Gasteiger partial charge in [0.15, 0.2) is 9.84 Å². The predicted molar refractivity (Wildman–Crippen MR) is 67.5 cm³/mol. The van der Waals surface area contributed by atoms with Crippen LogP contribution in [0, 0.1) is 0 Å².